The molecule has 7 heteroatoms. The van der Waals surface area contributed by atoms with Crippen molar-refractivity contribution in [3.8, 4) is 0 Å². The normalized spacial score (nSPS) is 18.3. The molecule has 1 unspecified atom stereocenters. The number of nitrogens with one attached hydrogen (secondary N) is 1. The standard InChI is InChI=1S/C14H19ClN2O2S2/c1-2-19-14(18)11-5-9(16)6-12(15)13(11)17-7-10-8-20-3-4-21-10/h5-6,10,17H,2-4,7-8,16H2,1H3. The molecule has 0 bridgehead atoms. The van der Waals surface area contributed by atoms with Gasteiger partial charge in [-0.1, -0.05) is 11.6 Å². The number of halogens is 1. The number of hydrogen-bond acceptors (Lipinski definition) is 6. The van der Waals surface area contributed by atoms with Gasteiger partial charge < -0.3 is 15.8 Å². The van der Waals surface area contributed by atoms with Gasteiger partial charge in [-0.15, -0.1) is 0 Å². The van der Waals surface area contributed by atoms with Crippen LogP contribution in [0.15, 0.2) is 12.1 Å². The summed E-state index contributed by atoms with van der Waals surface area (Å²) in [5.41, 5.74) is 7.24. The van der Waals surface area contributed by atoms with Crippen molar-refractivity contribution < 1.29 is 9.53 Å². The highest BCUT2D eigenvalue weighted by molar-refractivity contribution is 8.06. The van der Waals surface area contributed by atoms with Crippen LogP contribution in [-0.2, 0) is 4.74 Å². The molecule has 0 amide bonds. The lowest BCUT2D eigenvalue weighted by molar-refractivity contribution is 0.0527. The maximum atomic E-state index is 12.0. The fourth-order valence-electron chi connectivity index (χ4n) is 2.05. The van der Waals surface area contributed by atoms with Crippen molar-refractivity contribution in [3.63, 3.8) is 0 Å². The Kier molecular flexibility index (Phi) is 6.39. The van der Waals surface area contributed by atoms with E-state index in [0.717, 1.165) is 18.1 Å². The lowest BCUT2D eigenvalue weighted by Crippen LogP contribution is -2.24. The molecule has 1 saturated heterocycles. The second-order valence-corrected chi connectivity index (χ2v) is 7.56. The van der Waals surface area contributed by atoms with Crippen molar-refractivity contribution in [2.75, 3.05) is 41.5 Å². The first-order chi connectivity index (χ1) is 10.1. The predicted octanol–water partition coefficient (Wildman–Crippen LogP) is 3.36. The summed E-state index contributed by atoms with van der Waals surface area (Å²) < 4.78 is 5.07. The van der Waals surface area contributed by atoms with Crippen molar-refractivity contribution >= 4 is 52.5 Å². The molecule has 116 valence electrons. The zero-order valence-electron chi connectivity index (χ0n) is 11.9. The van der Waals surface area contributed by atoms with E-state index in [1.54, 1.807) is 19.1 Å². The number of carbonyl (C=O) groups excluding carboxylic acids is 1. The molecule has 1 aliphatic heterocycles. The average molecular weight is 347 g/mol. The molecular weight excluding hydrogens is 328 g/mol. The summed E-state index contributed by atoms with van der Waals surface area (Å²) in [4.78, 5) is 12.0. The quantitative estimate of drug-likeness (QED) is 0.629. The van der Waals surface area contributed by atoms with Gasteiger partial charge in [0.05, 0.1) is 22.9 Å². The van der Waals surface area contributed by atoms with E-state index < -0.39 is 5.97 Å². The molecule has 2 rings (SSSR count). The third-order valence-electron chi connectivity index (χ3n) is 3.00. The number of benzene rings is 1. The second-order valence-electron chi connectivity index (χ2n) is 4.59. The van der Waals surface area contributed by atoms with Gasteiger partial charge in [0, 0.05) is 34.7 Å². The van der Waals surface area contributed by atoms with E-state index in [1.807, 2.05) is 23.5 Å². The van der Waals surface area contributed by atoms with Crippen molar-refractivity contribution in [1.29, 1.82) is 0 Å². The molecule has 4 nitrogen and oxygen atoms in total. The molecule has 21 heavy (non-hydrogen) atoms. The summed E-state index contributed by atoms with van der Waals surface area (Å²) in [5.74, 6) is 3.08. The molecule has 0 spiro atoms. The summed E-state index contributed by atoms with van der Waals surface area (Å²) in [7, 11) is 0. The Bertz CT molecular complexity index is 508. The van der Waals surface area contributed by atoms with Gasteiger partial charge in [-0.2, -0.15) is 23.5 Å². The highest BCUT2D eigenvalue weighted by atomic mass is 35.5. The number of rotatable bonds is 5. The first-order valence-electron chi connectivity index (χ1n) is 6.81. The zero-order valence-corrected chi connectivity index (χ0v) is 14.2. The minimum atomic E-state index is -0.403. The van der Waals surface area contributed by atoms with E-state index in [4.69, 9.17) is 22.1 Å². The van der Waals surface area contributed by atoms with Crippen LogP contribution < -0.4 is 11.1 Å². The molecule has 1 aromatic carbocycles. The lowest BCUT2D eigenvalue weighted by atomic mass is 10.1. The molecule has 0 aromatic heterocycles. The highest BCUT2D eigenvalue weighted by Gasteiger charge is 2.19. The first-order valence-corrected chi connectivity index (χ1v) is 9.39. The van der Waals surface area contributed by atoms with Crippen LogP contribution in [0.5, 0.6) is 0 Å². The van der Waals surface area contributed by atoms with E-state index in [-0.39, 0.29) is 0 Å². The second kappa shape index (κ2) is 8.06. The highest BCUT2D eigenvalue weighted by Crippen LogP contribution is 2.31. The smallest absolute Gasteiger partial charge is 0.340 e. The van der Waals surface area contributed by atoms with Crippen LogP contribution in [0.3, 0.4) is 0 Å². The Morgan fingerprint density at radius 2 is 2.33 bits per heavy atom. The molecule has 0 radical (unpaired) electrons. The van der Waals surface area contributed by atoms with E-state index in [9.17, 15) is 4.79 Å². The first kappa shape index (κ1) is 16.6. The van der Waals surface area contributed by atoms with Gasteiger partial charge in [-0.05, 0) is 19.1 Å². The fraction of sp³-hybridized carbons (Fsp3) is 0.500. The minimum Gasteiger partial charge on any atom is -0.462 e. The van der Waals surface area contributed by atoms with Gasteiger partial charge in [0.1, 0.15) is 0 Å². The van der Waals surface area contributed by atoms with Crippen molar-refractivity contribution in [3.05, 3.63) is 22.7 Å². The van der Waals surface area contributed by atoms with E-state index in [1.165, 1.54) is 5.75 Å². The number of nitrogens with two attached hydrogens (primary N) is 1. The molecule has 1 heterocycles. The number of carbonyl (C=O) groups is 1. The number of esters is 1. The number of anilines is 2. The maximum absolute atomic E-state index is 12.0. The molecule has 0 aliphatic carbocycles. The predicted molar refractivity (Wildman–Crippen MR) is 93.9 cm³/mol. The van der Waals surface area contributed by atoms with Crippen molar-refractivity contribution in [2.45, 2.75) is 12.2 Å². The largest absolute Gasteiger partial charge is 0.462 e. The Morgan fingerprint density at radius 1 is 1.52 bits per heavy atom. The fourth-order valence-corrected chi connectivity index (χ4v) is 4.95. The Balaban J connectivity index is 2.14. The van der Waals surface area contributed by atoms with Crippen LogP contribution in [0.1, 0.15) is 17.3 Å². The van der Waals surface area contributed by atoms with Gasteiger partial charge in [-0.3, -0.25) is 0 Å². The lowest BCUT2D eigenvalue weighted by Gasteiger charge is -2.23. The topological polar surface area (TPSA) is 64.3 Å². The third kappa shape index (κ3) is 4.63. The summed E-state index contributed by atoms with van der Waals surface area (Å²) in [5, 5.41) is 4.27. The summed E-state index contributed by atoms with van der Waals surface area (Å²) in [6.07, 6.45) is 0. The van der Waals surface area contributed by atoms with Crippen LogP contribution in [-0.4, -0.2) is 41.6 Å². The SMILES string of the molecule is CCOC(=O)c1cc(N)cc(Cl)c1NCC1CSCCS1. The average Bonchev–Trinajstić information content (AvgIpc) is 2.47. The van der Waals surface area contributed by atoms with Crippen LogP contribution in [0.4, 0.5) is 11.4 Å². The van der Waals surface area contributed by atoms with Gasteiger partial charge >= 0.3 is 5.97 Å². The van der Waals surface area contributed by atoms with E-state index in [0.29, 0.717) is 33.8 Å². The zero-order chi connectivity index (χ0) is 15.2. The minimum absolute atomic E-state index is 0.319. The third-order valence-corrected chi connectivity index (χ3v) is 6.14. The Hall–Kier alpha value is -0.720. The number of thioether (sulfide) groups is 2. The Labute approximate surface area is 138 Å². The van der Waals surface area contributed by atoms with Crippen molar-refractivity contribution in [2.24, 2.45) is 0 Å². The van der Waals surface area contributed by atoms with Gasteiger partial charge in [0.15, 0.2) is 0 Å². The molecule has 1 aliphatic rings. The molecule has 1 atom stereocenters. The van der Waals surface area contributed by atoms with E-state index in [2.05, 4.69) is 5.32 Å². The monoisotopic (exact) mass is 346 g/mol. The van der Waals surface area contributed by atoms with Gasteiger partial charge in [0.25, 0.3) is 0 Å². The molecule has 3 N–H and O–H groups in total. The van der Waals surface area contributed by atoms with Gasteiger partial charge in [0.2, 0.25) is 0 Å². The van der Waals surface area contributed by atoms with Crippen LogP contribution >= 0.6 is 35.1 Å². The van der Waals surface area contributed by atoms with Crippen LogP contribution in [0.25, 0.3) is 0 Å². The molecular formula is C14H19ClN2O2S2. The van der Waals surface area contributed by atoms with Crippen LogP contribution in [0.2, 0.25) is 5.02 Å². The number of nitrogen functional groups attached to an aromatic ring is 1. The van der Waals surface area contributed by atoms with Crippen LogP contribution in [0, 0.1) is 0 Å². The van der Waals surface area contributed by atoms with Gasteiger partial charge in [-0.25, -0.2) is 4.79 Å². The number of ether oxygens (including phenoxy) is 1. The molecule has 1 aromatic rings. The summed E-state index contributed by atoms with van der Waals surface area (Å²) in [6.45, 7) is 2.86. The van der Waals surface area contributed by atoms with Crippen molar-refractivity contribution in [1.82, 2.24) is 0 Å². The van der Waals surface area contributed by atoms with E-state index >= 15 is 0 Å². The maximum Gasteiger partial charge on any atom is 0.340 e. The Morgan fingerprint density at radius 3 is 3.00 bits per heavy atom. The molecule has 1 fully saturated rings. The molecule has 0 saturated carbocycles. The number of hydrogen-bond donors (Lipinski definition) is 2. The summed E-state index contributed by atoms with van der Waals surface area (Å²) in [6, 6.07) is 3.25. The summed E-state index contributed by atoms with van der Waals surface area (Å²) >= 11 is 10.1.